The van der Waals surface area contributed by atoms with Gasteiger partial charge in [0.25, 0.3) is 0 Å². The van der Waals surface area contributed by atoms with Gasteiger partial charge in [0.1, 0.15) is 0 Å². The van der Waals surface area contributed by atoms with Gasteiger partial charge in [-0.1, -0.05) is 90.7 Å². The van der Waals surface area contributed by atoms with Crippen molar-refractivity contribution < 1.29 is 9.53 Å². The van der Waals surface area contributed by atoms with Crippen LogP contribution in [0.2, 0.25) is 0 Å². The van der Waals surface area contributed by atoms with E-state index in [1.54, 1.807) is 0 Å². The molecule has 0 amide bonds. The molecule has 0 aliphatic heterocycles. The second-order valence-corrected chi connectivity index (χ2v) is 7.41. The van der Waals surface area contributed by atoms with Gasteiger partial charge in [-0.2, -0.15) is 0 Å². The summed E-state index contributed by atoms with van der Waals surface area (Å²) in [5.41, 5.74) is 0. The summed E-state index contributed by atoms with van der Waals surface area (Å²) in [6, 6.07) is 0. The summed E-state index contributed by atoms with van der Waals surface area (Å²) in [6.07, 6.45) is 23.9. The maximum atomic E-state index is 11.5. The van der Waals surface area contributed by atoms with Crippen molar-refractivity contribution in [1.29, 1.82) is 0 Å². The molecule has 0 spiro atoms. The third kappa shape index (κ3) is 17.8. The number of hydrogen-bond donors (Lipinski definition) is 0. The second kappa shape index (κ2) is 19.5. The molecule has 0 heterocycles. The van der Waals surface area contributed by atoms with Crippen molar-refractivity contribution in [1.82, 2.24) is 0 Å². The van der Waals surface area contributed by atoms with E-state index >= 15 is 0 Å². The Balaban J connectivity index is 3.18. The van der Waals surface area contributed by atoms with Crippen molar-refractivity contribution in [3.63, 3.8) is 0 Å². The molecule has 0 aromatic carbocycles. The molecule has 0 aromatic rings. The molecular weight excluding hydrogens is 308 g/mol. The lowest BCUT2D eigenvalue weighted by Gasteiger charge is -2.08. The lowest BCUT2D eigenvalue weighted by molar-refractivity contribution is -0.148. The molecule has 0 aromatic heterocycles. The van der Waals surface area contributed by atoms with Gasteiger partial charge in [0, 0.05) is 0 Å². The molecule has 1 unspecified atom stereocenters. The standard InChI is InChI=1S/C23H44O2/c1-4-6-7-8-9-10-11-12-13-14-15-16-17-18-19-20-21-25-23(24)22(3)5-2/h12-13,22H,4-11,14-21H2,1-3H3/b13-12-. The molecule has 2 heteroatoms. The van der Waals surface area contributed by atoms with Crippen molar-refractivity contribution in [2.75, 3.05) is 6.61 Å². The van der Waals surface area contributed by atoms with E-state index < -0.39 is 0 Å². The number of hydrogen-bond acceptors (Lipinski definition) is 2. The first-order valence-corrected chi connectivity index (χ1v) is 11.0. The molecule has 0 aliphatic carbocycles. The fourth-order valence-corrected chi connectivity index (χ4v) is 2.83. The first-order chi connectivity index (χ1) is 12.2. The fourth-order valence-electron chi connectivity index (χ4n) is 2.83. The Morgan fingerprint density at radius 3 is 1.76 bits per heavy atom. The van der Waals surface area contributed by atoms with Crippen LogP contribution in [-0.2, 0) is 9.53 Å². The van der Waals surface area contributed by atoms with Crippen LogP contribution in [0.1, 0.15) is 117 Å². The van der Waals surface area contributed by atoms with Gasteiger partial charge >= 0.3 is 5.97 Å². The van der Waals surface area contributed by atoms with Gasteiger partial charge < -0.3 is 4.74 Å². The summed E-state index contributed by atoms with van der Waals surface area (Å²) < 4.78 is 5.27. The van der Waals surface area contributed by atoms with E-state index in [1.165, 1.54) is 83.5 Å². The molecule has 0 fully saturated rings. The predicted molar refractivity (Wildman–Crippen MR) is 110 cm³/mol. The summed E-state index contributed by atoms with van der Waals surface area (Å²) in [4.78, 5) is 11.5. The molecule has 0 bridgehead atoms. The van der Waals surface area contributed by atoms with Crippen LogP contribution >= 0.6 is 0 Å². The fraction of sp³-hybridized carbons (Fsp3) is 0.870. The topological polar surface area (TPSA) is 26.3 Å². The number of carbonyl (C=O) groups excluding carboxylic acids is 1. The predicted octanol–water partition coefficient (Wildman–Crippen LogP) is 7.61. The van der Waals surface area contributed by atoms with E-state index in [-0.39, 0.29) is 11.9 Å². The highest BCUT2D eigenvalue weighted by Crippen LogP contribution is 2.10. The molecule has 0 aliphatic rings. The zero-order valence-electron chi connectivity index (χ0n) is 17.4. The Morgan fingerprint density at radius 1 is 0.760 bits per heavy atom. The molecule has 25 heavy (non-hydrogen) atoms. The molecule has 2 nitrogen and oxygen atoms in total. The largest absolute Gasteiger partial charge is 0.465 e. The van der Waals surface area contributed by atoms with Crippen LogP contribution in [0.5, 0.6) is 0 Å². The number of unbranched alkanes of at least 4 members (excludes halogenated alkanes) is 12. The Kier molecular flexibility index (Phi) is 18.9. The SMILES string of the molecule is CCCCCCCC/C=C\CCCCCCCCOC(=O)C(C)CC. The molecule has 0 saturated heterocycles. The van der Waals surface area contributed by atoms with Gasteiger partial charge in [0.15, 0.2) is 0 Å². The average molecular weight is 353 g/mol. The quantitative estimate of drug-likeness (QED) is 0.144. The summed E-state index contributed by atoms with van der Waals surface area (Å²) in [5.74, 6) is 0.0179. The zero-order chi connectivity index (χ0) is 18.6. The van der Waals surface area contributed by atoms with E-state index in [2.05, 4.69) is 19.1 Å². The Bertz CT molecular complexity index is 309. The maximum Gasteiger partial charge on any atom is 0.308 e. The van der Waals surface area contributed by atoms with Crippen LogP contribution in [0, 0.1) is 5.92 Å². The smallest absolute Gasteiger partial charge is 0.308 e. The number of esters is 1. The highest BCUT2D eigenvalue weighted by Gasteiger charge is 2.10. The summed E-state index contributed by atoms with van der Waals surface area (Å²) in [5, 5.41) is 0. The van der Waals surface area contributed by atoms with E-state index in [9.17, 15) is 4.79 Å². The first kappa shape index (κ1) is 24.2. The van der Waals surface area contributed by atoms with Gasteiger partial charge in [-0.05, 0) is 38.5 Å². The molecule has 0 radical (unpaired) electrons. The lowest BCUT2D eigenvalue weighted by atomic mass is 10.1. The number of ether oxygens (including phenoxy) is 1. The molecule has 148 valence electrons. The van der Waals surface area contributed by atoms with E-state index in [0.717, 1.165) is 12.8 Å². The Morgan fingerprint density at radius 2 is 1.24 bits per heavy atom. The van der Waals surface area contributed by atoms with Crippen molar-refractivity contribution in [3.8, 4) is 0 Å². The first-order valence-electron chi connectivity index (χ1n) is 11.0. The van der Waals surface area contributed by atoms with Gasteiger partial charge in [-0.3, -0.25) is 4.79 Å². The zero-order valence-corrected chi connectivity index (χ0v) is 17.4. The minimum atomic E-state index is -0.0322. The molecular formula is C23H44O2. The van der Waals surface area contributed by atoms with Crippen LogP contribution < -0.4 is 0 Å². The molecule has 0 rings (SSSR count). The van der Waals surface area contributed by atoms with Crippen molar-refractivity contribution in [2.24, 2.45) is 5.92 Å². The van der Waals surface area contributed by atoms with Gasteiger partial charge in [-0.25, -0.2) is 0 Å². The van der Waals surface area contributed by atoms with Crippen LogP contribution in [0.25, 0.3) is 0 Å². The normalized spacial score (nSPS) is 12.6. The lowest BCUT2D eigenvalue weighted by Crippen LogP contribution is -2.14. The highest BCUT2D eigenvalue weighted by molar-refractivity contribution is 5.71. The number of allylic oxidation sites excluding steroid dienone is 2. The molecule has 1 atom stereocenters. The van der Waals surface area contributed by atoms with Gasteiger partial charge in [0.05, 0.1) is 12.5 Å². The second-order valence-electron chi connectivity index (χ2n) is 7.41. The van der Waals surface area contributed by atoms with E-state index in [4.69, 9.17) is 4.74 Å². The Labute approximate surface area is 157 Å². The van der Waals surface area contributed by atoms with Crippen molar-refractivity contribution >= 4 is 5.97 Å². The van der Waals surface area contributed by atoms with Gasteiger partial charge in [-0.15, -0.1) is 0 Å². The minimum absolute atomic E-state index is 0.0322. The maximum absolute atomic E-state index is 11.5. The molecule has 0 N–H and O–H groups in total. The minimum Gasteiger partial charge on any atom is -0.465 e. The Hall–Kier alpha value is -0.790. The number of carbonyl (C=O) groups is 1. The van der Waals surface area contributed by atoms with Crippen LogP contribution in [0.15, 0.2) is 12.2 Å². The summed E-state index contributed by atoms with van der Waals surface area (Å²) in [6.45, 7) is 6.83. The molecule has 0 saturated carbocycles. The monoisotopic (exact) mass is 352 g/mol. The third-order valence-electron chi connectivity index (χ3n) is 4.92. The van der Waals surface area contributed by atoms with Crippen LogP contribution in [0.4, 0.5) is 0 Å². The van der Waals surface area contributed by atoms with E-state index in [0.29, 0.717) is 6.61 Å². The highest BCUT2D eigenvalue weighted by atomic mass is 16.5. The van der Waals surface area contributed by atoms with Crippen LogP contribution in [0.3, 0.4) is 0 Å². The third-order valence-corrected chi connectivity index (χ3v) is 4.92. The van der Waals surface area contributed by atoms with Crippen molar-refractivity contribution in [3.05, 3.63) is 12.2 Å². The summed E-state index contributed by atoms with van der Waals surface area (Å²) >= 11 is 0. The van der Waals surface area contributed by atoms with Crippen molar-refractivity contribution in [2.45, 2.75) is 117 Å². The van der Waals surface area contributed by atoms with Crippen LogP contribution in [-0.4, -0.2) is 12.6 Å². The number of rotatable bonds is 18. The average Bonchev–Trinajstić information content (AvgIpc) is 2.63. The van der Waals surface area contributed by atoms with E-state index in [1.807, 2.05) is 13.8 Å². The van der Waals surface area contributed by atoms with Gasteiger partial charge in [0.2, 0.25) is 0 Å². The summed E-state index contributed by atoms with van der Waals surface area (Å²) in [7, 11) is 0.